The molecule has 10 heavy (non-hydrogen) atoms. The molecule has 0 radical (unpaired) electrons. The zero-order chi connectivity index (χ0) is 8.15. The molecule has 0 N–H and O–H groups in total. The largest absolute Gasteiger partial charge is 0.415 e. The number of nitrogens with zero attached hydrogens (tertiary/aromatic N) is 1. The van der Waals surface area contributed by atoms with E-state index < -0.39 is 5.97 Å². The maximum absolute atomic E-state index is 10.3. The molecule has 0 atom stereocenters. The van der Waals surface area contributed by atoms with Crippen LogP contribution in [0.2, 0.25) is 0 Å². The van der Waals surface area contributed by atoms with E-state index in [1.54, 1.807) is 19.9 Å². The second-order valence-electron chi connectivity index (χ2n) is 2.03. The van der Waals surface area contributed by atoms with Crippen molar-refractivity contribution in [3.8, 4) is 6.07 Å². The van der Waals surface area contributed by atoms with Crippen LogP contribution in [0.3, 0.4) is 0 Å². The first kappa shape index (κ1) is 8.70. The second-order valence-corrected chi connectivity index (χ2v) is 2.03. The summed E-state index contributed by atoms with van der Waals surface area (Å²) in [5, 5.41) is 8.36. The van der Waals surface area contributed by atoms with Crippen LogP contribution in [-0.2, 0) is 9.53 Å². The first-order valence-electron chi connectivity index (χ1n) is 2.84. The summed E-state index contributed by atoms with van der Waals surface area (Å²) < 4.78 is 4.54. The molecule has 3 heteroatoms. The second kappa shape index (κ2) is 3.67. The Kier molecular flexibility index (Phi) is 3.20. The molecule has 0 saturated carbocycles. The number of esters is 1. The Labute approximate surface area is 59.9 Å². The third kappa shape index (κ3) is 2.88. The molecule has 0 aliphatic carbocycles. The number of carbonyl (C=O) groups is 1. The fourth-order valence-corrected chi connectivity index (χ4v) is 0.380. The van der Waals surface area contributed by atoms with E-state index in [9.17, 15) is 4.79 Å². The van der Waals surface area contributed by atoms with Gasteiger partial charge in [0.05, 0.1) is 0 Å². The van der Waals surface area contributed by atoms with Crippen molar-refractivity contribution >= 4 is 5.97 Å². The Morgan fingerprint density at radius 1 is 1.40 bits per heavy atom. The number of nitriles is 1. The van der Waals surface area contributed by atoms with Crippen molar-refractivity contribution in [1.82, 2.24) is 0 Å². The summed E-state index contributed by atoms with van der Waals surface area (Å²) in [4.78, 5) is 10.3. The molecule has 0 unspecified atom stereocenters. The van der Waals surface area contributed by atoms with Crippen molar-refractivity contribution in [3.63, 3.8) is 0 Å². The molecular formula is C7H9NO2. The van der Waals surface area contributed by atoms with Crippen LogP contribution >= 0.6 is 0 Å². The molecule has 0 aromatic carbocycles. The van der Waals surface area contributed by atoms with Crippen LogP contribution in [0.4, 0.5) is 0 Å². The Morgan fingerprint density at radius 2 is 1.90 bits per heavy atom. The highest BCUT2D eigenvalue weighted by Crippen LogP contribution is 2.02. The topological polar surface area (TPSA) is 50.1 Å². The number of hydrogen-bond acceptors (Lipinski definition) is 3. The molecule has 0 heterocycles. The van der Waals surface area contributed by atoms with Gasteiger partial charge in [-0.15, -0.1) is 0 Å². The maximum atomic E-state index is 10.3. The van der Waals surface area contributed by atoms with Crippen LogP contribution in [0.25, 0.3) is 0 Å². The van der Waals surface area contributed by atoms with Gasteiger partial charge in [-0.05, 0) is 19.4 Å². The van der Waals surface area contributed by atoms with E-state index in [1.165, 1.54) is 6.92 Å². The van der Waals surface area contributed by atoms with Gasteiger partial charge in [-0.2, -0.15) is 5.26 Å². The smallest absolute Gasteiger partial charge is 0.308 e. The van der Waals surface area contributed by atoms with Crippen molar-refractivity contribution in [2.45, 2.75) is 20.8 Å². The van der Waals surface area contributed by atoms with E-state index in [-0.39, 0.29) is 5.76 Å². The predicted molar refractivity (Wildman–Crippen MR) is 35.8 cm³/mol. The molecule has 0 aliphatic heterocycles. The zero-order valence-electron chi connectivity index (χ0n) is 6.26. The quantitative estimate of drug-likeness (QED) is 0.313. The highest BCUT2D eigenvalue weighted by molar-refractivity contribution is 5.68. The lowest BCUT2D eigenvalue weighted by Gasteiger charge is -1.97. The van der Waals surface area contributed by atoms with E-state index in [4.69, 9.17) is 5.26 Å². The van der Waals surface area contributed by atoms with Crippen molar-refractivity contribution < 1.29 is 9.53 Å². The molecular weight excluding hydrogens is 130 g/mol. The summed E-state index contributed by atoms with van der Waals surface area (Å²) in [6, 6.07) is 1.77. The summed E-state index contributed by atoms with van der Waals surface area (Å²) in [7, 11) is 0. The van der Waals surface area contributed by atoms with Crippen molar-refractivity contribution in [2.24, 2.45) is 0 Å². The Hall–Kier alpha value is -1.30. The molecule has 0 fully saturated rings. The van der Waals surface area contributed by atoms with Gasteiger partial charge in [-0.25, -0.2) is 0 Å². The van der Waals surface area contributed by atoms with Crippen molar-refractivity contribution in [1.29, 1.82) is 5.26 Å². The fraction of sp³-hybridized carbons (Fsp3) is 0.429. The molecule has 0 aromatic rings. The van der Waals surface area contributed by atoms with Gasteiger partial charge in [0.2, 0.25) is 5.76 Å². The standard InChI is InChI=1S/C7H9NO2/c1-5(2)7(4-8)10-6(3)9/h1-3H3. The summed E-state index contributed by atoms with van der Waals surface area (Å²) in [6.07, 6.45) is 0. The average Bonchev–Trinajstić information content (AvgIpc) is 1.81. The lowest BCUT2D eigenvalue weighted by Crippen LogP contribution is -1.98. The lowest BCUT2D eigenvalue weighted by atomic mass is 10.3. The van der Waals surface area contributed by atoms with Gasteiger partial charge in [-0.1, -0.05) is 0 Å². The highest BCUT2D eigenvalue weighted by atomic mass is 16.5. The first-order chi connectivity index (χ1) is 4.57. The normalized spacial score (nSPS) is 7.80. The van der Waals surface area contributed by atoms with Crippen LogP contribution in [-0.4, -0.2) is 5.97 Å². The minimum absolute atomic E-state index is 0.0903. The molecule has 0 aromatic heterocycles. The van der Waals surface area contributed by atoms with Crippen LogP contribution in [0.15, 0.2) is 11.3 Å². The van der Waals surface area contributed by atoms with Crippen molar-refractivity contribution in [3.05, 3.63) is 11.3 Å². The number of carbonyl (C=O) groups excluding carboxylic acids is 1. The fourth-order valence-electron chi connectivity index (χ4n) is 0.380. The lowest BCUT2D eigenvalue weighted by molar-refractivity contribution is -0.136. The van der Waals surface area contributed by atoms with Gasteiger partial charge in [-0.3, -0.25) is 4.79 Å². The molecule has 0 amide bonds. The minimum atomic E-state index is -0.460. The van der Waals surface area contributed by atoms with Gasteiger partial charge in [0.1, 0.15) is 6.07 Å². The third-order valence-electron chi connectivity index (χ3n) is 0.801. The highest BCUT2D eigenvalue weighted by Gasteiger charge is 2.00. The van der Waals surface area contributed by atoms with E-state index in [1.807, 2.05) is 0 Å². The molecule has 0 rings (SSSR count). The monoisotopic (exact) mass is 139 g/mol. The van der Waals surface area contributed by atoms with Crippen LogP contribution in [0.5, 0.6) is 0 Å². The van der Waals surface area contributed by atoms with Gasteiger partial charge >= 0.3 is 5.97 Å². The Bertz CT molecular complexity index is 206. The summed E-state index contributed by atoms with van der Waals surface area (Å²) in [5.41, 5.74) is 0.706. The van der Waals surface area contributed by atoms with E-state index >= 15 is 0 Å². The van der Waals surface area contributed by atoms with Gasteiger partial charge in [0, 0.05) is 6.92 Å². The van der Waals surface area contributed by atoms with E-state index in [0.29, 0.717) is 5.57 Å². The van der Waals surface area contributed by atoms with Crippen LogP contribution < -0.4 is 0 Å². The predicted octanol–water partition coefficient (Wildman–Crippen LogP) is 1.37. The third-order valence-corrected chi connectivity index (χ3v) is 0.801. The Morgan fingerprint density at radius 3 is 2.00 bits per heavy atom. The average molecular weight is 139 g/mol. The first-order valence-corrected chi connectivity index (χ1v) is 2.84. The van der Waals surface area contributed by atoms with Gasteiger partial charge < -0.3 is 4.74 Å². The van der Waals surface area contributed by atoms with Gasteiger partial charge in [0.15, 0.2) is 0 Å². The molecule has 0 bridgehead atoms. The number of hydrogen-bond donors (Lipinski definition) is 0. The Balaban J connectivity index is 4.30. The zero-order valence-corrected chi connectivity index (χ0v) is 6.26. The number of rotatable bonds is 1. The summed E-state index contributed by atoms with van der Waals surface area (Å²) >= 11 is 0. The molecule has 0 saturated heterocycles. The number of allylic oxidation sites excluding steroid dienone is 2. The van der Waals surface area contributed by atoms with E-state index in [2.05, 4.69) is 4.74 Å². The van der Waals surface area contributed by atoms with Crippen LogP contribution in [0.1, 0.15) is 20.8 Å². The minimum Gasteiger partial charge on any atom is -0.415 e. The van der Waals surface area contributed by atoms with Gasteiger partial charge in [0.25, 0.3) is 0 Å². The summed E-state index contributed by atoms with van der Waals surface area (Å²) in [5.74, 6) is -0.370. The van der Waals surface area contributed by atoms with Crippen molar-refractivity contribution in [2.75, 3.05) is 0 Å². The SMILES string of the molecule is CC(=O)OC(C#N)=C(C)C. The summed E-state index contributed by atoms with van der Waals surface area (Å²) in [6.45, 7) is 4.68. The maximum Gasteiger partial charge on any atom is 0.308 e. The molecule has 3 nitrogen and oxygen atoms in total. The number of ether oxygens (including phenoxy) is 1. The van der Waals surface area contributed by atoms with Crippen LogP contribution in [0, 0.1) is 11.3 Å². The molecule has 54 valence electrons. The van der Waals surface area contributed by atoms with E-state index in [0.717, 1.165) is 0 Å². The molecule has 0 spiro atoms. The molecule has 0 aliphatic rings.